The topological polar surface area (TPSA) is 53.4 Å². The molecule has 2 aliphatic rings. The Morgan fingerprint density at radius 3 is 3.00 bits per heavy atom. The van der Waals surface area contributed by atoms with Crippen LogP contribution < -0.4 is 0 Å². The van der Waals surface area contributed by atoms with E-state index in [1.165, 1.54) is 0 Å². The lowest BCUT2D eigenvalue weighted by atomic mass is 10.0. The van der Waals surface area contributed by atoms with Crippen LogP contribution >= 0.6 is 0 Å². The second kappa shape index (κ2) is 3.40. The molecular formula is C11H14N2O3. The van der Waals surface area contributed by atoms with Crippen LogP contribution in [-0.2, 0) is 14.3 Å². The van der Waals surface area contributed by atoms with E-state index < -0.39 is 6.29 Å². The molecule has 86 valence electrons. The van der Waals surface area contributed by atoms with Gasteiger partial charge in [0.25, 0.3) is 0 Å². The Kier molecular flexibility index (Phi) is 2.12. The van der Waals surface area contributed by atoms with E-state index in [9.17, 15) is 4.79 Å². The zero-order chi connectivity index (χ0) is 11.3. The molecule has 0 saturated carbocycles. The van der Waals surface area contributed by atoms with E-state index in [1.54, 1.807) is 0 Å². The van der Waals surface area contributed by atoms with Crippen molar-refractivity contribution in [2.75, 3.05) is 6.61 Å². The third kappa shape index (κ3) is 1.39. The molecule has 3 atom stereocenters. The second-order valence-corrected chi connectivity index (χ2v) is 4.45. The minimum atomic E-state index is -0.627. The summed E-state index contributed by atoms with van der Waals surface area (Å²) >= 11 is 0. The zero-order valence-corrected chi connectivity index (χ0v) is 9.34. The molecule has 1 aromatic rings. The van der Waals surface area contributed by atoms with E-state index in [1.807, 2.05) is 24.6 Å². The lowest BCUT2D eigenvalue weighted by Gasteiger charge is -2.27. The molecule has 2 bridgehead atoms. The molecule has 5 nitrogen and oxygen atoms in total. The van der Waals surface area contributed by atoms with Gasteiger partial charge in [0, 0.05) is 12.1 Å². The fourth-order valence-corrected chi connectivity index (χ4v) is 2.45. The standard InChI is InChI=1S/C11H14N2O3/c1-6-3-7(2)13(12-6)8-4-9(14)11-15-5-10(8)16-11/h3,8,10-11H,4-5H2,1-2H3. The summed E-state index contributed by atoms with van der Waals surface area (Å²) in [6.07, 6.45) is -0.212. The Balaban J connectivity index is 1.95. The Morgan fingerprint density at radius 1 is 1.50 bits per heavy atom. The van der Waals surface area contributed by atoms with Gasteiger partial charge in [0.1, 0.15) is 6.10 Å². The number of carbonyl (C=O) groups excluding carboxylic acids is 1. The Hall–Kier alpha value is -1.20. The second-order valence-electron chi connectivity index (χ2n) is 4.45. The number of aromatic nitrogens is 2. The van der Waals surface area contributed by atoms with Crippen LogP contribution in [0.5, 0.6) is 0 Å². The maximum Gasteiger partial charge on any atom is 0.218 e. The number of ether oxygens (including phenoxy) is 2. The fourth-order valence-electron chi connectivity index (χ4n) is 2.45. The monoisotopic (exact) mass is 222 g/mol. The number of ketones is 1. The van der Waals surface area contributed by atoms with Crippen LogP contribution in [0.3, 0.4) is 0 Å². The summed E-state index contributed by atoms with van der Waals surface area (Å²) in [6, 6.07) is 1.99. The van der Waals surface area contributed by atoms with Crippen molar-refractivity contribution >= 4 is 5.78 Å². The van der Waals surface area contributed by atoms with E-state index in [0.29, 0.717) is 13.0 Å². The van der Waals surface area contributed by atoms with Gasteiger partial charge in [0.15, 0.2) is 5.78 Å². The van der Waals surface area contributed by atoms with Crippen LogP contribution in [-0.4, -0.2) is 34.6 Å². The average molecular weight is 222 g/mol. The minimum absolute atomic E-state index is 0.0139. The van der Waals surface area contributed by atoms with Crippen LogP contribution in [0.25, 0.3) is 0 Å². The number of Topliss-reactive ketones (excluding diaryl/α,β-unsaturated/α-hetero) is 1. The highest BCUT2D eigenvalue weighted by molar-refractivity contribution is 5.83. The van der Waals surface area contributed by atoms with Crippen LogP contribution in [0.4, 0.5) is 0 Å². The maximum atomic E-state index is 11.7. The number of fused-ring (bicyclic) bond motifs is 2. The van der Waals surface area contributed by atoms with E-state index in [4.69, 9.17) is 9.47 Å². The van der Waals surface area contributed by atoms with E-state index in [2.05, 4.69) is 5.10 Å². The summed E-state index contributed by atoms with van der Waals surface area (Å²) in [4.78, 5) is 11.7. The van der Waals surface area contributed by atoms with Gasteiger partial charge in [-0.05, 0) is 19.9 Å². The van der Waals surface area contributed by atoms with Crippen LogP contribution in [0, 0.1) is 13.8 Å². The van der Waals surface area contributed by atoms with Crippen LogP contribution in [0.2, 0.25) is 0 Å². The molecule has 0 N–H and O–H groups in total. The summed E-state index contributed by atoms with van der Waals surface area (Å²) < 4.78 is 12.7. The lowest BCUT2D eigenvalue weighted by molar-refractivity contribution is -0.156. The van der Waals surface area contributed by atoms with Crippen molar-refractivity contribution < 1.29 is 14.3 Å². The first kappa shape index (κ1) is 9.99. The Bertz CT molecular complexity index is 440. The van der Waals surface area contributed by atoms with Crippen molar-refractivity contribution in [1.82, 2.24) is 9.78 Å². The molecule has 0 aliphatic carbocycles. The molecule has 3 unspecified atom stereocenters. The van der Waals surface area contributed by atoms with Gasteiger partial charge in [-0.25, -0.2) is 0 Å². The predicted octanol–water partition coefficient (Wildman–Crippen LogP) is 0.755. The number of hydrogen-bond donors (Lipinski definition) is 0. The Labute approximate surface area is 93.3 Å². The van der Waals surface area contributed by atoms with Gasteiger partial charge in [-0.1, -0.05) is 0 Å². The van der Waals surface area contributed by atoms with Gasteiger partial charge in [-0.2, -0.15) is 5.10 Å². The molecule has 1 aromatic heterocycles. The first-order chi connectivity index (χ1) is 7.65. The molecule has 3 heterocycles. The largest absolute Gasteiger partial charge is 0.343 e. The highest BCUT2D eigenvalue weighted by atomic mass is 16.7. The van der Waals surface area contributed by atoms with Gasteiger partial charge in [-0.3, -0.25) is 9.48 Å². The van der Waals surface area contributed by atoms with Crippen molar-refractivity contribution in [3.05, 3.63) is 17.5 Å². The number of aryl methyl sites for hydroxylation is 2. The third-order valence-corrected chi connectivity index (χ3v) is 3.17. The van der Waals surface area contributed by atoms with Crippen molar-refractivity contribution in [3.8, 4) is 0 Å². The minimum Gasteiger partial charge on any atom is -0.343 e. The molecule has 2 saturated heterocycles. The van der Waals surface area contributed by atoms with Gasteiger partial charge in [0.2, 0.25) is 6.29 Å². The molecular weight excluding hydrogens is 208 g/mol. The van der Waals surface area contributed by atoms with Crippen LogP contribution in [0.15, 0.2) is 6.07 Å². The lowest BCUT2D eigenvalue weighted by Crippen LogP contribution is -2.37. The molecule has 0 spiro atoms. The number of carbonyl (C=O) groups is 1. The first-order valence-electron chi connectivity index (χ1n) is 5.47. The molecule has 5 heteroatoms. The van der Waals surface area contributed by atoms with Gasteiger partial charge in [-0.15, -0.1) is 0 Å². The number of nitrogens with zero attached hydrogens (tertiary/aromatic N) is 2. The highest BCUT2D eigenvalue weighted by Crippen LogP contribution is 2.33. The molecule has 2 fully saturated rings. The van der Waals surface area contributed by atoms with Gasteiger partial charge >= 0.3 is 0 Å². The van der Waals surface area contributed by atoms with Crippen LogP contribution in [0.1, 0.15) is 23.9 Å². The zero-order valence-electron chi connectivity index (χ0n) is 9.34. The summed E-state index contributed by atoms with van der Waals surface area (Å²) in [5.41, 5.74) is 2.02. The van der Waals surface area contributed by atoms with E-state index in [-0.39, 0.29) is 17.9 Å². The summed E-state index contributed by atoms with van der Waals surface area (Å²) in [5.74, 6) is 0.0197. The summed E-state index contributed by atoms with van der Waals surface area (Å²) in [6.45, 7) is 4.43. The normalized spacial score (nSPS) is 33.4. The maximum absolute atomic E-state index is 11.7. The molecule has 0 amide bonds. The number of hydrogen-bond acceptors (Lipinski definition) is 4. The van der Waals surface area contributed by atoms with Crippen molar-refractivity contribution in [3.63, 3.8) is 0 Å². The number of rotatable bonds is 1. The quantitative estimate of drug-likeness (QED) is 0.703. The molecule has 16 heavy (non-hydrogen) atoms. The molecule has 0 aromatic carbocycles. The summed E-state index contributed by atoms with van der Waals surface area (Å²) in [7, 11) is 0. The smallest absolute Gasteiger partial charge is 0.218 e. The van der Waals surface area contributed by atoms with Gasteiger partial charge < -0.3 is 9.47 Å². The third-order valence-electron chi connectivity index (χ3n) is 3.17. The molecule has 0 radical (unpaired) electrons. The first-order valence-corrected chi connectivity index (χ1v) is 5.47. The molecule has 3 rings (SSSR count). The van der Waals surface area contributed by atoms with Crippen molar-refractivity contribution in [2.45, 2.75) is 38.7 Å². The van der Waals surface area contributed by atoms with Gasteiger partial charge in [0.05, 0.1) is 18.3 Å². The van der Waals surface area contributed by atoms with Crippen molar-refractivity contribution in [1.29, 1.82) is 0 Å². The average Bonchev–Trinajstić information content (AvgIpc) is 2.78. The van der Waals surface area contributed by atoms with E-state index in [0.717, 1.165) is 11.4 Å². The van der Waals surface area contributed by atoms with Crippen molar-refractivity contribution in [2.24, 2.45) is 0 Å². The SMILES string of the molecule is Cc1cc(C)n(C2CC(=O)C3OCC2O3)n1. The predicted molar refractivity (Wildman–Crippen MR) is 55.0 cm³/mol. The highest BCUT2D eigenvalue weighted by Gasteiger charge is 2.44. The summed E-state index contributed by atoms with van der Waals surface area (Å²) in [5, 5.41) is 4.41. The van der Waals surface area contributed by atoms with E-state index >= 15 is 0 Å². The Morgan fingerprint density at radius 2 is 2.31 bits per heavy atom. The fraction of sp³-hybridized carbons (Fsp3) is 0.636. The molecule has 2 aliphatic heterocycles.